The van der Waals surface area contributed by atoms with Crippen molar-refractivity contribution in [2.45, 2.75) is 51.7 Å². The van der Waals surface area contributed by atoms with Gasteiger partial charge in [-0.3, -0.25) is 0 Å². The van der Waals surface area contributed by atoms with Gasteiger partial charge < -0.3 is 14.5 Å². The van der Waals surface area contributed by atoms with Crippen molar-refractivity contribution in [3.63, 3.8) is 0 Å². The van der Waals surface area contributed by atoms with E-state index in [4.69, 9.17) is 10.00 Å². The number of nitriles is 1. The first-order valence-electron chi connectivity index (χ1n) is 8.37. The van der Waals surface area contributed by atoms with E-state index in [2.05, 4.69) is 11.1 Å². The van der Waals surface area contributed by atoms with Crippen LogP contribution >= 0.6 is 0 Å². The molecule has 0 radical (unpaired) electrons. The minimum Gasteiger partial charge on any atom is -0.444 e. The summed E-state index contributed by atoms with van der Waals surface area (Å²) in [5.74, 6) is 0.740. The molecule has 1 atom stereocenters. The number of anilines is 1. The van der Waals surface area contributed by atoms with Gasteiger partial charge in [-0.1, -0.05) is 0 Å². The standard InChI is InChI=1S/C18H26N4O2/c1-18(2,3)24-17(23)22-10-6-5-7-15(22)13-21(4)16-11-14(12-19)8-9-20-16/h8-9,11,15H,5-7,10,13H2,1-4H3. The predicted molar refractivity (Wildman–Crippen MR) is 92.8 cm³/mol. The van der Waals surface area contributed by atoms with Gasteiger partial charge in [-0.2, -0.15) is 5.26 Å². The lowest BCUT2D eigenvalue weighted by molar-refractivity contribution is 0.0108. The van der Waals surface area contributed by atoms with E-state index in [0.717, 1.165) is 31.6 Å². The predicted octanol–water partition coefficient (Wildman–Crippen LogP) is 3.18. The minimum absolute atomic E-state index is 0.0890. The fourth-order valence-corrected chi connectivity index (χ4v) is 2.86. The number of nitrogens with zero attached hydrogens (tertiary/aromatic N) is 4. The highest BCUT2D eigenvalue weighted by atomic mass is 16.6. The van der Waals surface area contributed by atoms with E-state index in [1.807, 2.05) is 37.6 Å². The number of hydrogen-bond donors (Lipinski definition) is 0. The Kier molecular flexibility index (Phi) is 5.66. The van der Waals surface area contributed by atoms with Crippen LogP contribution in [0.4, 0.5) is 10.6 Å². The molecule has 1 aliphatic heterocycles. The zero-order valence-corrected chi connectivity index (χ0v) is 15.0. The van der Waals surface area contributed by atoms with Crippen LogP contribution in [0.5, 0.6) is 0 Å². The molecule has 1 aromatic heterocycles. The number of likely N-dealkylation sites (N-methyl/N-ethyl adjacent to an activating group) is 1. The smallest absolute Gasteiger partial charge is 0.410 e. The first-order chi connectivity index (χ1) is 11.3. The molecular weight excluding hydrogens is 304 g/mol. The molecule has 2 rings (SSSR count). The topological polar surface area (TPSA) is 69.5 Å². The van der Waals surface area contributed by atoms with Crippen molar-refractivity contribution >= 4 is 11.9 Å². The van der Waals surface area contributed by atoms with Gasteiger partial charge in [-0.25, -0.2) is 9.78 Å². The normalized spacial score (nSPS) is 18.0. The molecule has 0 saturated carbocycles. The average molecular weight is 330 g/mol. The molecule has 1 aromatic rings. The maximum Gasteiger partial charge on any atom is 0.410 e. The van der Waals surface area contributed by atoms with E-state index in [0.29, 0.717) is 12.1 Å². The second kappa shape index (κ2) is 7.52. The third-order valence-electron chi connectivity index (χ3n) is 4.01. The Morgan fingerprint density at radius 2 is 2.25 bits per heavy atom. The number of rotatable bonds is 3. The Morgan fingerprint density at radius 1 is 1.50 bits per heavy atom. The largest absolute Gasteiger partial charge is 0.444 e. The van der Waals surface area contributed by atoms with Gasteiger partial charge in [0.05, 0.1) is 17.7 Å². The molecule has 0 bridgehead atoms. The van der Waals surface area contributed by atoms with E-state index < -0.39 is 5.60 Å². The third kappa shape index (κ3) is 4.85. The molecule has 24 heavy (non-hydrogen) atoms. The number of ether oxygens (including phenoxy) is 1. The van der Waals surface area contributed by atoms with Crippen molar-refractivity contribution < 1.29 is 9.53 Å². The number of hydrogen-bond acceptors (Lipinski definition) is 5. The second-order valence-electron chi connectivity index (χ2n) is 7.22. The Labute approximate surface area is 144 Å². The SMILES string of the molecule is CN(CC1CCCCN1C(=O)OC(C)(C)C)c1cc(C#N)ccn1. The van der Waals surface area contributed by atoms with Crippen LogP contribution in [-0.2, 0) is 4.74 Å². The summed E-state index contributed by atoms with van der Waals surface area (Å²) < 4.78 is 5.54. The summed E-state index contributed by atoms with van der Waals surface area (Å²) in [6, 6.07) is 5.67. The Hall–Kier alpha value is -2.29. The monoisotopic (exact) mass is 330 g/mol. The number of amides is 1. The van der Waals surface area contributed by atoms with Crippen LogP contribution in [-0.4, -0.2) is 47.8 Å². The molecule has 0 N–H and O–H groups in total. The minimum atomic E-state index is -0.492. The quantitative estimate of drug-likeness (QED) is 0.851. The fourth-order valence-electron chi connectivity index (χ4n) is 2.86. The molecule has 1 unspecified atom stereocenters. The van der Waals surface area contributed by atoms with Crippen molar-refractivity contribution in [3.05, 3.63) is 23.9 Å². The second-order valence-corrected chi connectivity index (χ2v) is 7.22. The van der Waals surface area contributed by atoms with Gasteiger partial charge in [0, 0.05) is 26.3 Å². The van der Waals surface area contributed by atoms with Crippen LogP contribution in [0.15, 0.2) is 18.3 Å². The van der Waals surface area contributed by atoms with Crippen molar-refractivity contribution in [1.29, 1.82) is 5.26 Å². The molecule has 0 spiro atoms. The Morgan fingerprint density at radius 3 is 2.92 bits per heavy atom. The highest BCUT2D eigenvalue weighted by Crippen LogP contribution is 2.22. The van der Waals surface area contributed by atoms with Gasteiger partial charge in [0.15, 0.2) is 0 Å². The van der Waals surface area contributed by atoms with E-state index in [9.17, 15) is 4.79 Å². The first kappa shape index (κ1) is 18.1. The molecule has 130 valence electrons. The highest BCUT2D eigenvalue weighted by molar-refractivity contribution is 5.68. The van der Waals surface area contributed by atoms with Crippen LogP contribution in [0.25, 0.3) is 0 Å². The van der Waals surface area contributed by atoms with E-state index >= 15 is 0 Å². The van der Waals surface area contributed by atoms with Gasteiger partial charge in [0.25, 0.3) is 0 Å². The maximum absolute atomic E-state index is 12.5. The molecule has 1 saturated heterocycles. The number of aromatic nitrogens is 1. The zero-order valence-electron chi connectivity index (χ0n) is 15.0. The summed E-state index contributed by atoms with van der Waals surface area (Å²) >= 11 is 0. The summed E-state index contributed by atoms with van der Waals surface area (Å²) in [6.07, 6.45) is 4.43. The van der Waals surface area contributed by atoms with Gasteiger partial charge in [0.2, 0.25) is 0 Å². The molecule has 0 aromatic carbocycles. The zero-order chi connectivity index (χ0) is 17.7. The van der Waals surface area contributed by atoms with E-state index in [1.54, 1.807) is 18.3 Å². The molecule has 6 heteroatoms. The van der Waals surface area contributed by atoms with Crippen LogP contribution in [0.1, 0.15) is 45.6 Å². The van der Waals surface area contributed by atoms with E-state index in [1.165, 1.54) is 0 Å². The number of carbonyl (C=O) groups excluding carboxylic acids is 1. The van der Waals surface area contributed by atoms with Gasteiger partial charge in [0.1, 0.15) is 11.4 Å². The molecule has 2 heterocycles. The lowest BCUT2D eigenvalue weighted by Gasteiger charge is -2.38. The van der Waals surface area contributed by atoms with Gasteiger partial charge in [-0.05, 0) is 52.2 Å². The van der Waals surface area contributed by atoms with Crippen LogP contribution in [0, 0.1) is 11.3 Å². The summed E-state index contributed by atoms with van der Waals surface area (Å²) in [5, 5.41) is 9.02. The fraction of sp³-hybridized carbons (Fsp3) is 0.611. The molecule has 0 aliphatic carbocycles. The van der Waals surface area contributed by atoms with Crippen molar-refractivity contribution in [2.24, 2.45) is 0 Å². The summed E-state index contributed by atoms with van der Waals surface area (Å²) in [7, 11) is 1.94. The van der Waals surface area contributed by atoms with Crippen molar-refractivity contribution in [1.82, 2.24) is 9.88 Å². The Balaban J connectivity index is 2.07. The van der Waals surface area contributed by atoms with Crippen LogP contribution in [0.3, 0.4) is 0 Å². The highest BCUT2D eigenvalue weighted by Gasteiger charge is 2.31. The lowest BCUT2D eigenvalue weighted by atomic mass is 10.0. The van der Waals surface area contributed by atoms with Crippen LogP contribution < -0.4 is 4.90 Å². The van der Waals surface area contributed by atoms with Crippen LogP contribution in [0.2, 0.25) is 0 Å². The number of carbonyl (C=O) groups is 1. The third-order valence-corrected chi connectivity index (χ3v) is 4.01. The number of piperidine rings is 1. The number of pyridine rings is 1. The van der Waals surface area contributed by atoms with Crippen molar-refractivity contribution in [3.8, 4) is 6.07 Å². The van der Waals surface area contributed by atoms with Crippen molar-refractivity contribution in [2.75, 3.05) is 25.0 Å². The van der Waals surface area contributed by atoms with Gasteiger partial charge in [-0.15, -0.1) is 0 Å². The summed E-state index contributed by atoms with van der Waals surface area (Å²) in [5.41, 5.74) is 0.0905. The Bertz CT molecular complexity index is 618. The summed E-state index contributed by atoms with van der Waals surface area (Å²) in [6.45, 7) is 7.04. The average Bonchev–Trinajstić information content (AvgIpc) is 2.53. The maximum atomic E-state index is 12.5. The number of likely N-dealkylation sites (tertiary alicyclic amines) is 1. The molecule has 1 aliphatic rings. The van der Waals surface area contributed by atoms with Gasteiger partial charge >= 0.3 is 6.09 Å². The molecule has 1 fully saturated rings. The first-order valence-corrected chi connectivity index (χ1v) is 8.37. The lowest BCUT2D eigenvalue weighted by Crippen LogP contribution is -2.50. The summed E-state index contributed by atoms with van der Waals surface area (Å²) in [4.78, 5) is 20.6. The molecule has 6 nitrogen and oxygen atoms in total. The molecule has 1 amide bonds. The van der Waals surface area contributed by atoms with E-state index in [-0.39, 0.29) is 12.1 Å². The molecular formula is C18H26N4O2.